The summed E-state index contributed by atoms with van der Waals surface area (Å²) in [5.74, 6) is -0.139. The van der Waals surface area contributed by atoms with Gasteiger partial charge in [-0.1, -0.05) is 35.9 Å². The second-order valence-corrected chi connectivity index (χ2v) is 8.22. The molecule has 0 saturated carbocycles. The highest BCUT2D eigenvalue weighted by Crippen LogP contribution is 2.40. The van der Waals surface area contributed by atoms with Crippen molar-refractivity contribution in [1.29, 1.82) is 0 Å². The first-order chi connectivity index (χ1) is 16.0. The molecule has 1 amide bonds. The molecule has 166 valence electrons. The van der Waals surface area contributed by atoms with Gasteiger partial charge in [0, 0.05) is 11.6 Å². The summed E-state index contributed by atoms with van der Waals surface area (Å²) in [4.78, 5) is 28.6. The number of halogens is 2. The number of fused-ring (bicyclic) bond motifs is 2. The Bertz CT molecular complexity index is 1430. The Morgan fingerprint density at radius 2 is 1.85 bits per heavy atom. The van der Waals surface area contributed by atoms with Gasteiger partial charge in [0.05, 0.1) is 23.6 Å². The number of hydrogen-bond donors (Lipinski definition) is 0. The van der Waals surface area contributed by atoms with Gasteiger partial charge in [-0.15, -0.1) is 0 Å². The van der Waals surface area contributed by atoms with E-state index in [1.807, 2.05) is 31.2 Å². The van der Waals surface area contributed by atoms with Crippen LogP contribution in [0.1, 0.15) is 40.2 Å². The predicted octanol–water partition coefficient (Wildman–Crippen LogP) is 5.73. The summed E-state index contributed by atoms with van der Waals surface area (Å²) in [5, 5.41) is 0.709. The van der Waals surface area contributed by atoms with Crippen molar-refractivity contribution in [3.63, 3.8) is 0 Å². The Hall–Kier alpha value is -3.64. The summed E-state index contributed by atoms with van der Waals surface area (Å²) in [6.07, 6.45) is 0. The second-order valence-electron chi connectivity index (χ2n) is 7.78. The summed E-state index contributed by atoms with van der Waals surface area (Å²) in [6, 6.07) is 17.2. The van der Waals surface area contributed by atoms with Crippen molar-refractivity contribution in [2.45, 2.75) is 19.5 Å². The van der Waals surface area contributed by atoms with Crippen LogP contribution in [0, 0.1) is 5.82 Å². The van der Waals surface area contributed by atoms with E-state index in [0.717, 1.165) is 5.56 Å². The molecule has 1 aliphatic heterocycles. The van der Waals surface area contributed by atoms with Gasteiger partial charge in [-0.2, -0.15) is 0 Å². The van der Waals surface area contributed by atoms with Gasteiger partial charge < -0.3 is 14.1 Å². The van der Waals surface area contributed by atoms with Gasteiger partial charge in [-0.25, -0.2) is 4.39 Å². The van der Waals surface area contributed by atoms with E-state index in [0.29, 0.717) is 33.9 Å². The molecule has 1 aromatic heterocycles. The quantitative estimate of drug-likeness (QED) is 0.379. The lowest BCUT2D eigenvalue weighted by atomic mass is 9.98. The van der Waals surface area contributed by atoms with Crippen molar-refractivity contribution in [2.75, 3.05) is 6.61 Å². The van der Waals surface area contributed by atoms with Crippen molar-refractivity contribution in [1.82, 2.24) is 4.90 Å². The molecule has 3 aromatic carbocycles. The van der Waals surface area contributed by atoms with Crippen LogP contribution in [0.25, 0.3) is 11.0 Å². The van der Waals surface area contributed by atoms with Crippen LogP contribution in [0.3, 0.4) is 0 Å². The van der Waals surface area contributed by atoms with E-state index in [2.05, 4.69) is 0 Å². The molecule has 0 bridgehead atoms. The number of rotatable bonds is 5. The highest BCUT2D eigenvalue weighted by atomic mass is 35.5. The van der Waals surface area contributed by atoms with Crippen LogP contribution in [-0.4, -0.2) is 17.4 Å². The molecule has 0 aliphatic carbocycles. The van der Waals surface area contributed by atoms with E-state index < -0.39 is 11.9 Å². The number of ether oxygens (including phenoxy) is 1. The molecule has 0 radical (unpaired) electrons. The fourth-order valence-electron chi connectivity index (χ4n) is 4.23. The zero-order chi connectivity index (χ0) is 23.1. The van der Waals surface area contributed by atoms with E-state index in [4.69, 9.17) is 20.8 Å². The van der Waals surface area contributed by atoms with Gasteiger partial charge in [0.1, 0.15) is 17.1 Å². The smallest absolute Gasteiger partial charge is 0.291 e. The van der Waals surface area contributed by atoms with E-state index in [-0.39, 0.29) is 29.1 Å². The first-order valence-electron chi connectivity index (χ1n) is 10.5. The number of benzene rings is 3. The molecule has 33 heavy (non-hydrogen) atoms. The Balaban J connectivity index is 1.71. The van der Waals surface area contributed by atoms with Gasteiger partial charge in [0.25, 0.3) is 5.91 Å². The lowest BCUT2D eigenvalue weighted by Crippen LogP contribution is -2.29. The molecule has 5 rings (SSSR count). The molecular formula is C26H19ClFNO4. The summed E-state index contributed by atoms with van der Waals surface area (Å²) < 4.78 is 25.0. The van der Waals surface area contributed by atoms with E-state index in [1.54, 1.807) is 35.2 Å². The summed E-state index contributed by atoms with van der Waals surface area (Å²) >= 11 is 6.12. The van der Waals surface area contributed by atoms with Crippen LogP contribution in [-0.2, 0) is 6.54 Å². The maximum absolute atomic E-state index is 13.6. The third-order valence-corrected chi connectivity index (χ3v) is 5.91. The average Bonchev–Trinajstić information content (AvgIpc) is 3.08. The molecule has 0 fully saturated rings. The van der Waals surface area contributed by atoms with E-state index >= 15 is 0 Å². The molecule has 2 heterocycles. The van der Waals surface area contributed by atoms with E-state index in [9.17, 15) is 14.0 Å². The number of carbonyl (C=O) groups excluding carboxylic acids is 1. The summed E-state index contributed by atoms with van der Waals surface area (Å²) in [5.41, 5.74) is 1.68. The third-order valence-electron chi connectivity index (χ3n) is 5.68. The van der Waals surface area contributed by atoms with Crippen LogP contribution in [0.2, 0.25) is 5.02 Å². The molecule has 1 atom stereocenters. The van der Waals surface area contributed by atoms with Crippen LogP contribution in [0.15, 0.2) is 75.9 Å². The average molecular weight is 464 g/mol. The molecule has 0 N–H and O–H groups in total. The standard InChI is InChI=1S/C26H19ClFNO4/c1-2-32-19-5-3-4-16(12-19)23-22-24(30)20-13-17(27)8-11-21(20)33-25(22)26(31)29(23)14-15-6-9-18(28)10-7-15/h3-13,23H,2,14H2,1H3. The highest BCUT2D eigenvalue weighted by Gasteiger charge is 2.42. The largest absolute Gasteiger partial charge is 0.494 e. The number of nitrogens with zero attached hydrogens (tertiary/aromatic N) is 1. The third kappa shape index (κ3) is 3.76. The number of amides is 1. The Labute approximate surface area is 194 Å². The SMILES string of the molecule is CCOc1cccc(C2c3c(oc4ccc(Cl)cc4c3=O)C(=O)N2Cc2ccc(F)cc2)c1. The molecule has 0 spiro atoms. The van der Waals surface area contributed by atoms with Gasteiger partial charge >= 0.3 is 0 Å². The summed E-state index contributed by atoms with van der Waals surface area (Å²) in [6.45, 7) is 2.53. The topological polar surface area (TPSA) is 59.8 Å². The first-order valence-corrected chi connectivity index (χ1v) is 10.9. The van der Waals surface area contributed by atoms with Crippen molar-refractivity contribution >= 4 is 28.5 Å². The van der Waals surface area contributed by atoms with Crippen LogP contribution in [0.5, 0.6) is 5.75 Å². The Morgan fingerprint density at radius 1 is 1.06 bits per heavy atom. The molecule has 1 unspecified atom stereocenters. The van der Waals surface area contributed by atoms with Crippen LogP contribution < -0.4 is 10.2 Å². The maximum atomic E-state index is 13.6. The Kier molecular flexibility index (Phi) is 5.38. The number of hydrogen-bond acceptors (Lipinski definition) is 4. The lowest BCUT2D eigenvalue weighted by molar-refractivity contribution is 0.0714. The highest BCUT2D eigenvalue weighted by molar-refractivity contribution is 6.31. The minimum atomic E-state index is -0.697. The minimum Gasteiger partial charge on any atom is -0.494 e. The van der Waals surface area contributed by atoms with Crippen LogP contribution in [0.4, 0.5) is 4.39 Å². The molecule has 5 nitrogen and oxygen atoms in total. The minimum absolute atomic E-state index is 0.00347. The fraction of sp³-hybridized carbons (Fsp3) is 0.154. The molecular weight excluding hydrogens is 445 g/mol. The van der Waals surface area contributed by atoms with Gasteiger partial charge in [-0.05, 0) is 60.5 Å². The zero-order valence-electron chi connectivity index (χ0n) is 17.7. The Morgan fingerprint density at radius 3 is 2.61 bits per heavy atom. The molecule has 7 heteroatoms. The molecule has 0 saturated heterocycles. The molecule has 4 aromatic rings. The van der Waals surface area contributed by atoms with Crippen molar-refractivity contribution < 1.29 is 18.3 Å². The summed E-state index contributed by atoms with van der Waals surface area (Å²) in [7, 11) is 0. The lowest BCUT2D eigenvalue weighted by Gasteiger charge is -2.25. The van der Waals surface area contributed by atoms with Crippen molar-refractivity contribution in [3.05, 3.63) is 110 Å². The van der Waals surface area contributed by atoms with Gasteiger partial charge in [0.15, 0.2) is 5.43 Å². The fourth-order valence-corrected chi connectivity index (χ4v) is 4.40. The normalized spacial score (nSPS) is 15.2. The molecule has 1 aliphatic rings. The maximum Gasteiger partial charge on any atom is 0.291 e. The van der Waals surface area contributed by atoms with Gasteiger partial charge in [-0.3, -0.25) is 9.59 Å². The number of carbonyl (C=O) groups is 1. The first kappa shape index (κ1) is 21.2. The van der Waals surface area contributed by atoms with E-state index in [1.165, 1.54) is 12.1 Å². The van der Waals surface area contributed by atoms with Gasteiger partial charge in [0.2, 0.25) is 5.76 Å². The zero-order valence-corrected chi connectivity index (χ0v) is 18.4. The van der Waals surface area contributed by atoms with Crippen molar-refractivity contribution in [2.24, 2.45) is 0 Å². The monoisotopic (exact) mass is 463 g/mol. The second kappa shape index (κ2) is 8.37. The predicted molar refractivity (Wildman–Crippen MR) is 123 cm³/mol. The van der Waals surface area contributed by atoms with Crippen LogP contribution >= 0.6 is 11.6 Å². The van der Waals surface area contributed by atoms with Crippen molar-refractivity contribution in [3.8, 4) is 5.75 Å².